The van der Waals surface area contributed by atoms with E-state index in [-0.39, 0.29) is 17.7 Å². The number of benzene rings is 2. The van der Waals surface area contributed by atoms with Crippen molar-refractivity contribution in [3.8, 4) is 0 Å². The first-order valence-electron chi connectivity index (χ1n) is 10.5. The van der Waals surface area contributed by atoms with Gasteiger partial charge in [-0.3, -0.25) is 14.5 Å². The van der Waals surface area contributed by atoms with Gasteiger partial charge in [-0.2, -0.15) is 0 Å². The Morgan fingerprint density at radius 3 is 2.48 bits per heavy atom. The molecule has 3 rings (SSSR count). The molecule has 0 aliphatic carbocycles. The molecule has 0 spiro atoms. The molecular formula is C24H31N3O2. The molecule has 0 bridgehead atoms. The van der Waals surface area contributed by atoms with Crippen LogP contribution in [0.1, 0.15) is 43.4 Å². The zero-order valence-electron chi connectivity index (χ0n) is 17.4. The summed E-state index contributed by atoms with van der Waals surface area (Å²) >= 11 is 0. The monoisotopic (exact) mass is 393 g/mol. The van der Waals surface area contributed by atoms with Crippen LogP contribution in [-0.4, -0.2) is 29.8 Å². The molecule has 2 amide bonds. The van der Waals surface area contributed by atoms with Gasteiger partial charge in [-0.1, -0.05) is 56.3 Å². The number of rotatable bonds is 9. The summed E-state index contributed by atoms with van der Waals surface area (Å²) in [4.78, 5) is 26.9. The molecule has 0 aromatic heterocycles. The van der Waals surface area contributed by atoms with Gasteiger partial charge in [0.15, 0.2) is 0 Å². The number of hydrogen-bond acceptors (Lipinski definition) is 3. The Morgan fingerprint density at radius 2 is 1.76 bits per heavy atom. The third kappa shape index (κ3) is 5.91. The van der Waals surface area contributed by atoms with Crippen LogP contribution in [0, 0.1) is 5.92 Å². The van der Waals surface area contributed by atoms with Gasteiger partial charge in [-0.05, 0) is 48.7 Å². The molecule has 1 atom stereocenters. The van der Waals surface area contributed by atoms with E-state index < -0.39 is 0 Å². The first-order valence-corrected chi connectivity index (χ1v) is 10.5. The molecule has 1 aliphatic heterocycles. The maximum atomic E-state index is 12.3. The van der Waals surface area contributed by atoms with Crippen LogP contribution in [0.3, 0.4) is 0 Å². The van der Waals surface area contributed by atoms with Crippen molar-refractivity contribution in [2.75, 3.05) is 18.4 Å². The smallest absolute Gasteiger partial charge is 0.227 e. The van der Waals surface area contributed by atoms with Gasteiger partial charge >= 0.3 is 0 Å². The largest absolute Gasteiger partial charge is 0.352 e. The van der Waals surface area contributed by atoms with Crippen molar-refractivity contribution < 1.29 is 9.59 Å². The third-order valence-electron chi connectivity index (χ3n) is 5.65. The van der Waals surface area contributed by atoms with Crippen LogP contribution < -0.4 is 10.6 Å². The fourth-order valence-electron chi connectivity index (χ4n) is 3.71. The lowest BCUT2D eigenvalue weighted by molar-refractivity contribution is -0.122. The summed E-state index contributed by atoms with van der Waals surface area (Å²) in [5.74, 6) is -0.140. The zero-order valence-corrected chi connectivity index (χ0v) is 17.4. The number of nitrogens with one attached hydrogen (secondary N) is 2. The first kappa shape index (κ1) is 21.1. The maximum Gasteiger partial charge on any atom is 0.227 e. The van der Waals surface area contributed by atoms with Gasteiger partial charge in [0, 0.05) is 31.1 Å². The molecule has 29 heavy (non-hydrogen) atoms. The van der Waals surface area contributed by atoms with Crippen molar-refractivity contribution in [3.05, 3.63) is 65.2 Å². The highest BCUT2D eigenvalue weighted by Crippen LogP contribution is 2.27. The molecule has 1 aliphatic rings. The molecule has 1 heterocycles. The normalized spacial score (nSPS) is 15.7. The van der Waals surface area contributed by atoms with E-state index in [0.29, 0.717) is 25.8 Å². The Bertz CT molecular complexity index is 828. The highest BCUT2D eigenvalue weighted by molar-refractivity contribution is 5.96. The van der Waals surface area contributed by atoms with Crippen molar-refractivity contribution in [2.45, 2.75) is 46.2 Å². The second-order valence-corrected chi connectivity index (χ2v) is 7.64. The molecule has 0 saturated carbocycles. The van der Waals surface area contributed by atoms with Crippen molar-refractivity contribution in [3.63, 3.8) is 0 Å². The van der Waals surface area contributed by atoms with E-state index in [1.54, 1.807) is 0 Å². The lowest BCUT2D eigenvalue weighted by Gasteiger charge is -2.24. The van der Waals surface area contributed by atoms with Crippen LogP contribution in [0.15, 0.2) is 48.5 Å². The van der Waals surface area contributed by atoms with Crippen molar-refractivity contribution >= 4 is 17.5 Å². The zero-order chi connectivity index (χ0) is 20.6. The molecule has 1 unspecified atom stereocenters. The fraction of sp³-hybridized carbons (Fsp3) is 0.417. The summed E-state index contributed by atoms with van der Waals surface area (Å²) in [6.45, 7) is 7.89. The first-order chi connectivity index (χ1) is 14.1. The number of amides is 2. The fourth-order valence-corrected chi connectivity index (χ4v) is 3.71. The van der Waals surface area contributed by atoms with Gasteiger partial charge in [-0.15, -0.1) is 0 Å². The summed E-state index contributed by atoms with van der Waals surface area (Å²) in [5, 5.41) is 5.92. The SMILES string of the molecule is CCN(CC)Cc1ccc(CNC(=O)CCC2Cc3ccccc3NC2=O)cc1. The van der Waals surface area contributed by atoms with E-state index in [0.717, 1.165) is 36.4 Å². The Labute approximate surface area is 173 Å². The Kier molecular flexibility index (Phi) is 7.42. The Morgan fingerprint density at radius 1 is 1.07 bits per heavy atom. The van der Waals surface area contributed by atoms with Crippen LogP contribution in [0.5, 0.6) is 0 Å². The molecule has 2 aromatic carbocycles. The molecule has 0 radical (unpaired) electrons. The van der Waals surface area contributed by atoms with Crippen LogP contribution in [0.25, 0.3) is 0 Å². The van der Waals surface area contributed by atoms with E-state index in [2.05, 4.69) is 53.6 Å². The van der Waals surface area contributed by atoms with E-state index in [1.807, 2.05) is 24.3 Å². The van der Waals surface area contributed by atoms with Crippen molar-refractivity contribution in [1.29, 1.82) is 0 Å². The van der Waals surface area contributed by atoms with E-state index in [1.165, 1.54) is 5.56 Å². The predicted molar refractivity (Wildman–Crippen MR) is 116 cm³/mol. The standard InChI is InChI=1S/C24H31N3O2/c1-3-27(4-2)17-19-11-9-18(10-12-19)16-25-23(28)14-13-21-15-20-7-5-6-8-22(20)26-24(21)29/h5-12,21H,3-4,13-17H2,1-2H3,(H,25,28)(H,26,29). The molecule has 5 heteroatoms. The number of nitrogens with zero attached hydrogens (tertiary/aromatic N) is 1. The lowest BCUT2D eigenvalue weighted by Crippen LogP contribution is -2.31. The molecule has 154 valence electrons. The molecule has 5 nitrogen and oxygen atoms in total. The summed E-state index contributed by atoms with van der Waals surface area (Å²) in [6.07, 6.45) is 1.62. The summed E-state index contributed by atoms with van der Waals surface area (Å²) in [6, 6.07) is 16.3. The van der Waals surface area contributed by atoms with Gasteiger partial charge < -0.3 is 10.6 Å². The predicted octanol–water partition coefficient (Wildman–Crippen LogP) is 3.74. The van der Waals surface area contributed by atoms with E-state index in [9.17, 15) is 9.59 Å². The van der Waals surface area contributed by atoms with Gasteiger partial charge in [0.25, 0.3) is 0 Å². The Hall–Kier alpha value is -2.66. The minimum atomic E-state index is -0.144. The van der Waals surface area contributed by atoms with Crippen LogP contribution in [-0.2, 0) is 29.1 Å². The minimum absolute atomic E-state index is 0.0103. The summed E-state index contributed by atoms with van der Waals surface area (Å²) in [7, 11) is 0. The highest BCUT2D eigenvalue weighted by atomic mass is 16.2. The van der Waals surface area contributed by atoms with Gasteiger partial charge in [0.1, 0.15) is 0 Å². The van der Waals surface area contributed by atoms with Crippen molar-refractivity contribution in [2.24, 2.45) is 5.92 Å². The molecule has 2 N–H and O–H groups in total. The number of carbonyl (C=O) groups excluding carboxylic acids is 2. The number of hydrogen-bond donors (Lipinski definition) is 2. The van der Waals surface area contributed by atoms with Crippen LogP contribution in [0.4, 0.5) is 5.69 Å². The summed E-state index contributed by atoms with van der Waals surface area (Å²) in [5.41, 5.74) is 4.41. The minimum Gasteiger partial charge on any atom is -0.352 e. The molecular weight excluding hydrogens is 362 g/mol. The molecule has 0 fully saturated rings. The number of anilines is 1. The van der Waals surface area contributed by atoms with E-state index in [4.69, 9.17) is 0 Å². The number of para-hydroxylation sites is 1. The third-order valence-corrected chi connectivity index (χ3v) is 5.65. The van der Waals surface area contributed by atoms with Crippen molar-refractivity contribution in [1.82, 2.24) is 10.2 Å². The van der Waals surface area contributed by atoms with Crippen LogP contribution in [0.2, 0.25) is 0 Å². The maximum absolute atomic E-state index is 12.3. The summed E-state index contributed by atoms with van der Waals surface area (Å²) < 4.78 is 0. The van der Waals surface area contributed by atoms with Gasteiger partial charge in [-0.25, -0.2) is 0 Å². The van der Waals surface area contributed by atoms with E-state index >= 15 is 0 Å². The second kappa shape index (κ2) is 10.2. The average Bonchev–Trinajstić information content (AvgIpc) is 2.75. The highest BCUT2D eigenvalue weighted by Gasteiger charge is 2.26. The average molecular weight is 394 g/mol. The van der Waals surface area contributed by atoms with Gasteiger partial charge in [0.05, 0.1) is 0 Å². The number of fused-ring (bicyclic) bond motifs is 1. The lowest BCUT2D eigenvalue weighted by atomic mass is 9.89. The quantitative estimate of drug-likeness (QED) is 0.682. The number of carbonyl (C=O) groups is 2. The van der Waals surface area contributed by atoms with Crippen LogP contribution >= 0.6 is 0 Å². The molecule has 2 aromatic rings. The van der Waals surface area contributed by atoms with Gasteiger partial charge in [0.2, 0.25) is 11.8 Å². The Balaban J connectivity index is 1.43. The second-order valence-electron chi connectivity index (χ2n) is 7.64. The topological polar surface area (TPSA) is 61.4 Å². The molecule has 0 saturated heterocycles.